The Hall–Kier alpha value is -1.29. The minimum atomic E-state index is -0.111. The first-order valence-electron chi connectivity index (χ1n) is 9.03. The summed E-state index contributed by atoms with van der Waals surface area (Å²) >= 11 is 6.42. The first kappa shape index (κ1) is 19.0. The van der Waals surface area contributed by atoms with Crippen molar-refractivity contribution in [2.45, 2.75) is 32.2 Å². The number of nitrogens with one attached hydrogen (secondary N) is 2. The molecule has 0 atom stereocenters. The number of halogens is 1. The third-order valence-electron chi connectivity index (χ3n) is 5.02. The summed E-state index contributed by atoms with van der Waals surface area (Å²) in [6.07, 6.45) is 5.89. The smallest absolute Gasteiger partial charge is 0.254 e. The van der Waals surface area contributed by atoms with Gasteiger partial charge in [0, 0.05) is 29.0 Å². The van der Waals surface area contributed by atoms with Gasteiger partial charge in [0.05, 0.1) is 18.0 Å². The molecule has 9 heteroatoms. The van der Waals surface area contributed by atoms with Gasteiger partial charge in [0.1, 0.15) is 5.00 Å². The number of rotatable bonds is 5. The number of likely N-dealkylation sites (tertiary alicyclic amines) is 1. The quantitative estimate of drug-likeness (QED) is 0.705. The van der Waals surface area contributed by atoms with Crippen LogP contribution in [0.25, 0.3) is 0 Å². The molecule has 144 valence electrons. The predicted octanol–water partition coefficient (Wildman–Crippen LogP) is 3.28. The van der Waals surface area contributed by atoms with Crippen molar-refractivity contribution < 1.29 is 9.59 Å². The van der Waals surface area contributed by atoms with Crippen molar-refractivity contribution in [2.24, 2.45) is 5.92 Å². The molecule has 0 spiro atoms. The Balaban J connectivity index is 1.53. The first-order chi connectivity index (χ1) is 13.0. The maximum atomic E-state index is 13.0. The lowest BCUT2D eigenvalue weighted by Crippen LogP contribution is -2.49. The molecule has 2 N–H and O–H groups in total. The standard InChI is InChI=1S/C18H21BrN4O2S2/c1-23-8-10(9-23)15(24)22-17-14(12-4-2-3-5-13(12)27-17)16(25)20-6-11-7-21-18(19)26-11/h7,10H,2-6,8-9H2,1H3,(H,20,25)(H,22,24). The van der Waals surface area contributed by atoms with Gasteiger partial charge in [-0.1, -0.05) is 0 Å². The molecule has 6 nitrogen and oxygen atoms in total. The van der Waals surface area contributed by atoms with Crippen molar-refractivity contribution in [1.29, 1.82) is 0 Å². The van der Waals surface area contributed by atoms with Crippen molar-refractivity contribution in [1.82, 2.24) is 15.2 Å². The van der Waals surface area contributed by atoms with E-state index in [-0.39, 0.29) is 17.7 Å². The van der Waals surface area contributed by atoms with Crippen LogP contribution in [0.1, 0.15) is 38.5 Å². The Kier molecular flexibility index (Phi) is 5.63. The lowest BCUT2D eigenvalue weighted by Gasteiger charge is -2.34. The average molecular weight is 469 g/mol. The predicted molar refractivity (Wildman–Crippen MR) is 112 cm³/mol. The van der Waals surface area contributed by atoms with Gasteiger partial charge in [-0.25, -0.2) is 4.98 Å². The summed E-state index contributed by atoms with van der Waals surface area (Å²) in [5.74, 6) is -0.0772. The summed E-state index contributed by atoms with van der Waals surface area (Å²) in [6, 6.07) is 0. The zero-order valence-corrected chi connectivity index (χ0v) is 18.2. The molecule has 1 aliphatic carbocycles. The molecule has 2 aliphatic rings. The van der Waals surface area contributed by atoms with Crippen LogP contribution >= 0.6 is 38.6 Å². The van der Waals surface area contributed by atoms with Crippen LogP contribution in [0.5, 0.6) is 0 Å². The molecule has 3 heterocycles. The first-order valence-corrected chi connectivity index (χ1v) is 11.5. The Morgan fingerprint density at radius 1 is 1.30 bits per heavy atom. The van der Waals surface area contributed by atoms with Crippen LogP contribution in [0, 0.1) is 5.92 Å². The Bertz CT molecular complexity index is 873. The number of aromatic nitrogens is 1. The fraction of sp³-hybridized carbons (Fsp3) is 0.500. The topological polar surface area (TPSA) is 74.3 Å². The van der Waals surface area contributed by atoms with Crippen LogP contribution in [-0.4, -0.2) is 41.8 Å². The van der Waals surface area contributed by atoms with Crippen molar-refractivity contribution in [3.63, 3.8) is 0 Å². The van der Waals surface area contributed by atoms with Crippen molar-refractivity contribution >= 4 is 55.4 Å². The molecule has 0 unspecified atom stereocenters. The Morgan fingerprint density at radius 3 is 2.78 bits per heavy atom. The molecule has 4 rings (SSSR count). The van der Waals surface area contributed by atoms with Gasteiger partial charge in [-0.2, -0.15) is 0 Å². The maximum absolute atomic E-state index is 13.0. The van der Waals surface area contributed by atoms with E-state index in [0.717, 1.165) is 53.1 Å². The van der Waals surface area contributed by atoms with Gasteiger partial charge in [-0.15, -0.1) is 22.7 Å². The third-order valence-corrected chi connectivity index (χ3v) is 7.70. The van der Waals surface area contributed by atoms with Gasteiger partial charge in [0.25, 0.3) is 5.91 Å². The van der Waals surface area contributed by atoms with Crippen molar-refractivity contribution in [2.75, 3.05) is 25.5 Å². The van der Waals surface area contributed by atoms with Crippen LogP contribution < -0.4 is 10.6 Å². The highest BCUT2D eigenvalue weighted by Gasteiger charge is 2.32. The van der Waals surface area contributed by atoms with E-state index >= 15 is 0 Å². The zero-order chi connectivity index (χ0) is 19.0. The Morgan fingerprint density at radius 2 is 2.07 bits per heavy atom. The van der Waals surface area contributed by atoms with Crippen molar-refractivity contribution in [3.05, 3.63) is 31.0 Å². The van der Waals surface area contributed by atoms with Gasteiger partial charge >= 0.3 is 0 Å². The summed E-state index contributed by atoms with van der Waals surface area (Å²) in [5, 5.41) is 6.76. The molecule has 0 radical (unpaired) electrons. The molecule has 1 fully saturated rings. The van der Waals surface area contributed by atoms with Gasteiger partial charge < -0.3 is 15.5 Å². The lowest BCUT2D eigenvalue weighted by atomic mass is 9.95. The molecule has 0 aromatic carbocycles. The number of nitrogens with zero attached hydrogens (tertiary/aromatic N) is 2. The molecule has 2 aromatic heterocycles. The van der Waals surface area contributed by atoms with Crippen LogP contribution in [0.3, 0.4) is 0 Å². The van der Waals surface area contributed by atoms with E-state index in [0.29, 0.717) is 17.1 Å². The maximum Gasteiger partial charge on any atom is 0.254 e. The number of thiophene rings is 1. The number of thiazole rings is 1. The van der Waals surface area contributed by atoms with Crippen molar-refractivity contribution in [3.8, 4) is 0 Å². The van der Waals surface area contributed by atoms with E-state index in [1.165, 1.54) is 16.2 Å². The fourth-order valence-corrected chi connectivity index (χ4v) is 6.18. The van der Waals surface area contributed by atoms with Gasteiger partial charge in [0.15, 0.2) is 3.92 Å². The summed E-state index contributed by atoms with van der Waals surface area (Å²) in [6.45, 7) is 1.99. The van der Waals surface area contributed by atoms with E-state index < -0.39 is 0 Å². The summed E-state index contributed by atoms with van der Waals surface area (Å²) in [4.78, 5) is 34.0. The zero-order valence-electron chi connectivity index (χ0n) is 15.0. The van der Waals surface area contributed by atoms with E-state index in [4.69, 9.17) is 0 Å². The minimum absolute atomic E-state index is 0.0135. The highest BCUT2D eigenvalue weighted by molar-refractivity contribution is 9.11. The van der Waals surface area contributed by atoms with E-state index in [1.54, 1.807) is 17.5 Å². The average Bonchev–Trinajstić information content (AvgIpc) is 3.19. The van der Waals surface area contributed by atoms with E-state index in [1.807, 2.05) is 7.05 Å². The number of hydrogen-bond acceptors (Lipinski definition) is 6. The molecule has 1 aliphatic heterocycles. The van der Waals surface area contributed by atoms with Gasteiger partial charge in [-0.3, -0.25) is 9.59 Å². The Labute approximate surface area is 174 Å². The number of hydrogen-bond donors (Lipinski definition) is 2. The number of anilines is 1. The highest BCUT2D eigenvalue weighted by atomic mass is 79.9. The number of fused-ring (bicyclic) bond motifs is 1. The normalized spacial score (nSPS) is 17.3. The minimum Gasteiger partial charge on any atom is -0.347 e. The SMILES string of the molecule is CN1CC(C(=O)Nc2sc3c(c2C(=O)NCc2cnc(Br)s2)CCCC3)C1. The molecule has 1 saturated heterocycles. The number of amides is 2. The molecule has 0 saturated carbocycles. The van der Waals surface area contributed by atoms with Crippen LogP contribution in [0.15, 0.2) is 10.1 Å². The summed E-state index contributed by atoms with van der Waals surface area (Å²) in [5.41, 5.74) is 1.79. The molecular weight excluding hydrogens is 448 g/mol. The largest absolute Gasteiger partial charge is 0.347 e. The number of carbonyl (C=O) groups excluding carboxylic acids is 2. The van der Waals surface area contributed by atoms with Crippen LogP contribution in [0.2, 0.25) is 0 Å². The molecule has 0 bridgehead atoms. The molecule has 2 amide bonds. The van der Waals surface area contributed by atoms with Gasteiger partial charge in [0.2, 0.25) is 5.91 Å². The van der Waals surface area contributed by atoms with E-state index in [2.05, 4.69) is 36.4 Å². The number of carbonyl (C=O) groups is 2. The van der Waals surface area contributed by atoms with Gasteiger partial charge in [-0.05, 0) is 54.2 Å². The summed E-state index contributed by atoms with van der Waals surface area (Å²) < 4.78 is 0.804. The van der Waals surface area contributed by atoms with Crippen LogP contribution in [-0.2, 0) is 24.2 Å². The second-order valence-electron chi connectivity index (χ2n) is 7.08. The van der Waals surface area contributed by atoms with E-state index in [9.17, 15) is 9.59 Å². The monoisotopic (exact) mass is 468 g/mol. The summed E-state index contributed by atoms with van der Waals surface area (Å²) in [7, 11) is 2.00. The molecule has 27 heavy (non-hydrogen) atoms. The van der Waals surface area contributed by atoms with Crippen LogP contribution in [0.4, 0.5) is 5.00 Å². The highest BCUT2D eigenvalue weighted by Crippen LogP contribution is 2.38. The molecule has 2 aromatic rings. The fourth-order valence-electron chi connectivity index (χ4n) is 3.59. The third kappa shape index (κ3) is 4.11. The lowest BCUT2D eigenvalue weighted by molar-refractivity contribution is -0.124. The second-order valence-corrected chi connectivity index (χ2v) is 10.6. The molecular formula is C18H21BrN4O2S2. The second kappa shape index (κ2) is 7.98. The number of aryl methyl sites for hydroxylation is 1.